The maximum absolute atomic E-state index is 12.0. The van der Waals surface area contributed by atoms with Crippen LogP contribution in [0.3, 0.4) is 0 Å². The molecule has 3 aromatic rings. The highest BCUT2D eigenvalue weighted by Crippen LogP contribution is 2.34. The van der Waals surface area contributed by atoms with E-state index < -0.39 is 0 Å². The Morgan fingerprint density at radius 1 is 0.848 bits per heavy atom. The van der Waals surface area contributed by atoms with Crippen LogP contribution < -0.4 is 14.4 Å². The molecule has 0 spiro atoms. The highest BCUT2D eigenvalue weighted by Gasteiger charge is 2.25. The van der Waals surface area contributed by atoms with Gasteiger partial charge in [-0.25, -0.2) is 0 Å². The number of ketones is 1. The minimum absolute atomic E-state index is 0.0450. The summed E-state index contributed by atoms with van der Waals surface area (Å²) in [4.78, 5) is 24.6. The number of halogens is 2. The molecule has 0 unspecified atom stereocenters. The minimum Gasteiger partial charge on any atom is -0.486 e. The third kappa shape index (κ3) is 6.22. The third-order valence-corrected chi connectivity index (χ3v) is 5.98. The Balaban J connectivity index is 0.000000183. The molecule has 2 aliphatic heterocycles. The van der Waals surface area contributed by atoms with Gasteiger partial charge in [-0.2, -0.15) is 0 Å². The molecule has 6 nitrogen and oxygen atoms in total. The number of carbonyl (C=O) groups is 2. The van der Waals surface area contributed by atoms with Crippen LogP contribution in [-0.4, -0.2) is 31.6 Å². The van der Waals surface area contributed by atoms with Crippen molar-refractivity contribution in [1.29, 1.82) is 0 Å². The smallest absolute Gasteiger partial charge is 0.266 e. The third-order valence-electron chi connectivity index (χ3n) is 4.99. The molecule has 0 N–H and O–H groups in total. The van der Waals surface area contributed by atoms with Gasteiger partial charge in [0.15, 0.2) is 12.4 Å². The van der Waals surface area contributed by atoms with Crippen molar-refractivity contribution in [3.63, 3.8) is 0 Å². The van der Waals surface area contributed by atoms with E-state index in [2.05, 4.69) is 31.9 Å². The summed E-state index contributed by atoms with van der Waals surface area (Å²) in [6.45, 7) is 0.938. The van der Waals surface area contributed by atoms with Crippen molar-refractivity contribution in [3.05, 3.63) is 86.8 Å². The summed E-state index contributed by atoms with van der Waals surface area (Å²) in [7, 11) is 0. The molecule has 170 valence electrons. The van der Waals surface area contributed by atoms with Gasteiger partial charge in [-0.15, -0.1) is 0 Å². The quantitative estimate of drug-likeness (QED) is 0.423. The van der Waals surface area contributed by atoms with Crippen molar-refractivity contribution in [1.82, 2.24) is 0 Å². The summed E-state index contributed by atoms with van der Waals surface area (Å²) in [6.07, 6.45) is 0.495. The van der Waals surface area contributed by atoms with Gasteiger partial charge in [-0.05, 0) is 42.0 Å². The Morgan fingerprint density at radius 2 is 1.55 bits per heavy atom. The van der Waals surface area contributed by atoms with Crippen LogP contribution in [0.1, 0.15) is 11.1 Å². The molecule has 0 saturated carbocycles. The van der Waals surface area contributed by atoms with E-state index in [-0.39, 0.29) is 31.6 Å². The van der Waals surface area contributed by atoms with Crippen LogP contribution in [0.4, 0.5) is 5.69 Å². The fourth-order valence-corrected chi connectivity index (χ4v) is 4.15. The Bertz CT molecular complexity index is 1150. The molecule has 33 heavy (non-hydrogen) atoms. The zero-order valence-corrected chi connectivity index (χ0v) is 20.8. The average Bonchev–Trinajstić information content (AvgIpc) is 2.81. The van der Waals surface area contributed by atoms with Crippen molar-refractivity contribution in [2.45, 2.75) is 13.0 Å². The topological polar surface area (TPSA) is 65.1 Å². The van der Waals surface area contributed by atoms with Gasteiger partial charge in [0.2, 0.25) is 0 Å². The molecule has 0 radical (unpaired) electrons. The number of hydrogen-bond donors (Lipinski definition) is 0. The van der Waals surface area contributed by atoms with Crippen LogP contribution in [0.25, 0.3) is 0 Å². The molecular formula is C25H21Br2NO5. The number of Topliss-reactive ketones (excluding diaryl/α,β-unsaturated/α-hetero) is 1. The number of rotatable bonds is 4. The number of fused-ring (bicyclic) bond motifs is 2. The normalized spacial score (nSPS) is 14.3. The predicted octanol–water partition coefficient (Wildman–Crippen LogP) is 5.30. The second kappa shape index (κ2) is 11.0. The van der Waals surface area contributed by atoms with Crippen LogP contribution in [0.5, 0.6) is 11.5 Å². The first-order chi connectivity index (χ1) is 16.0. The number of anilines is 1. The van der Waals surface area contributed by atoms with Crippen LogP contribution in [0.15, 0.2) is 75.7 Å². The number of amides is 1. The van der Waals surface area contributed by atoms with Gasteiger partial charge in [0.05, 0.1) is 12.3 Å². The van der Waals surface area contributed by atoms with Crippen molar-refractivity contribution < 1.29 is 23.8 Å². The van der Waals surface area contributed by atoms with Gasteiger partial charge in [-0.1, -0.05) is 62.2 Å². The van der Waals surface area contributed by atoms with Gasteiger partial charge < -0.3 is 14.2 Å². The average molecular weight is 575 g/mol. The lowest BCUT2D eigenvalue weighted by Crippen LogP contribution is -2.40. The van der Waals surface area contributed by atoms with Crippen LogP contribution in [-0.2, 0) is 27.4 Å². The van der Waals surface area contributed by atoms with E-state index >= 15 is 0 Å². The number of benzene rings is 3. The maximum atomic E-state index is 12.0. The molecule has 0 saturated heterocycles. The lowest BCUT2D eigenvalue weighted by Gasteiger charge is -2.29. The number of nitrogens with zero attached hydrogens (tertiary/aromatic N) is 1. The standard InChI is InChI=1S/C16H14BrNO3.C9H7BrO2/c17-13-6-7-15-14(8-13)18(16(19)10-21-15)11-20-9-12-4-2-1-3-5-12;10-7-1-2-9-6(3-7)4-8(11)5-12-9/h1-8H,9-11H2;1-3H,4-5H2. The molecule has 0 aliphatic carbocycles. The maximum Gasteiger partial charge on any atom is 0.266 e. The van der Waals surface area contributed by atoms with E-state index in [1.165, 1.54) is 0 Å². The Morgan fingerprint density at radius 3 is 2.33 bits per heavy atom. The van der Waals surface area contributed by atoms with Crippen LogP contribution in [0.2, 0.25) is 0 Å². The zero-order valence-electron chi connectivity index (χ0n) is 17.6. The van der Waals surface area contributed by atoms with Gasteiger partial charge in [0.1, 0.15) is 24.8 Å². The molecular weight excluding hydrogens is 554 g/mol. The number of hydrogen-bond acceptors (Lipinski definition) is 5. The van der Waals surface area contributed by atoms with E-state index in [1.807, 2.05) is 66.7 Å². The summed E-state index contributed by atoms with van der Waals surface area (Å²) < 4.78 is 18.2. The largest absolute Gasteiger partial charge is 0.486 e. The summed E-state index contributed by atoms with van der Waals surface area (Å²) in [6, 6.07) is 21.2. The highest BCUT2D eigenvalue weighted by molar-refractivity contribution is 9.10. The SMILES string of the molecule is O=C1COc2ccc(Br)cc2C1.O=C1COc2ccc(Br)cc2N1COCc1ccccc1. The molecule has 0 bridgehead atoms. The van der Waals surface area contributed by atoms with E-state index in [1.54, 1.807) is 4.90 Å². The molecule has 3 aromatic carbocycles. The van der Waals surface area contributed by atoms with Crippen molar-refractivity contribution in [2.24, 2.45) is 0 Å². The summed E-state index contributed by atoms with van der Waals surface area (Å²) in [5.41, 5.74) is 2.78. The van der Waals surface area contributed by atoms with Gasteiger partial charge in [-0.3, -0.25) is 14.5 Å². The molecule has 0 fully saturated rings. The van der Waals surface area contributed by atoms with Gasteiger partial charge in [0.25, 0.3) is 5.91 Å². The molecule has 8 heteroatoms. The zero-order chi connectivity index (χ0) is 23.2. The van der Waals surface area contributed by atoms with E-state index in [0.29, 0.717) is 18.8 Å². The molecule has 1 amide bonds. The van der Waals surface area contributed by atoms with E-state index in [4.69, 9.17) is 14.2 Å². The Kier molecular flexibility index (Phi) is 7.80. The first kappa shape index (κ1) is 23.5. The molecule has 2 heterocycles. The highest BCUT2D eigenvalue weighted by atomic mass is 79.9. The first-order valence-electron chi connectivity index (χ1n) is 10.3. The number of carbonyl (C=O) groups excluding carboxylic acids is 2. The summed E-state index contributed by atoms with van der Waals surface area (Å²) in [5.74, 6) is 1.56. The first-order valence-corrected chi connectivity index (χ1v) is 11.9. The van der Waals surface area contributed by atoms with Crippen LogP contribution >= 0.6 is 31.9 Å². The Labute approximate surface area is 208 Å². The molecule has 5 rings (SSSR count). The minimum atomic E-state index is -0.103. The lowest BCUT2D eigenvalue weighted by molar-refractivity contribution is -0.123. The van der Waals surface area contributed by atoms with Crippen molar-refractivity contribution >= 4 is 49.2 Å². The van der Waals surface area contributed by atoms with Crippen LogP contribution in [0, 0.1) is 0 Å². The van der Waals surface area contributed by atoms with E-state index in [0.717, 1.165) is 31.5 Å². The molecule has 2 aliphatic rings. The fourth-order valence-electron chi connectivity index (χ4n) is 3.39. The Hall–Kier alpha value is -2.68. The second-order valence-electron chi connectivity index (χ2n) is 7.44. The predicted molar refractivity (Wildman–Crippen MR) is 132 cm³/mol. The monoisotopic (exact) mass is 573 g/mol. The second-order valence-corrected chi connectivity index (χ2v) is 9.27. The van der Waals surface area contributed by atoms with Gasteiger partial charge >= 0.3 is 0 Å². The summed E-state index contributed by atoms with van der Waals surface area (Å²) in [5, 5.41) is 0. The van der Waals surface area contributed by atoms with Gasteiger partial charge in [0, 0.05) is 20.9 Å². The molecule has 0 aromatic heterocycles. The summed E-state index contributed by atoms with van der Waals surface area (Å²) >= 11 is 6.75. The van der Waals surface area contributed by atoms with Crippen molar-refractivity contribution in [2.75, 3.05) is 24.8 Å². The van der Waals surface area contributed by atoms with E-state index in [9.17, 15) is 9.59 Å². The molecule has 0 atom stereocenters. The number of ether oxygens (including phenoxy) is 3. The fraction of sp³-hybridized carbons (Fsp3) is 0.200. The van der Waals surface area contributed by atoms with Crippen molar-refractivity contribution in [3.8, 4) is 11.5 Å². The lowest BCUT2D eigenvalue weighted by atomic mass is 10.1.